The zero-order chi connectivity index (χ0) is 8.43. The molecular formula is C8H15NO2. The van der Waals surface area contributed by atoms with Crippen LogP contribution in [-0.4, -0.2) is 34.6 Å². The van der Waals surface area contributed by atoms with E-state index >= 15 is 0 Å². The van der Waals surface area contributed by atoms with Crippen LogP contribution in [0.25, 0.3) is 0 Å². The molecule has 0 aliphatic carbocycles. The van der Waals surface area contributed by atoms with E-state index in [-0.39, 0.29) is 6.04 Å². The van der Waals surface area contributed by atoms with Crippen LogP contribution >= 0.6 is 0 Å². The molecule has 0 aromatic heterocycles. The van der Waals surface area contributed by atoms with Gasteiger partial charge in [-0.2, -0.15) is 0 Å². The summed E-state index contributed by atoms with van der Waals surface area (Å²) >= 11 is 0. The van der Waals surface area contributed by atoms with Crippen molar-refractivity contribution in [2.45, 2.75) is 38.8 Å². The van der Waals surface area contributed by atoms with Crippen molar-refractivity contribution in [2.75, 3.05) is 6.54 Å². The number of nitrogens with zero attached hydrogens (tertiary/aromatic N) is 1. The van der Waals surface area contributed by atoms with Crippen LogP contribution in [0.3, 0.4) is 0 Å². The molecule has 0 saturated carbocycles. The van der Waals surface area contributed by atoms with Crippen LogP contribution < -0.4 is 0 Å². The summed E-state index contributed by atoms with van der Waals surface area (Å²) in [6.45, 7) is 5.02. The lowest BCUT2D eigenvalue weighted by atomic mass is 10.2. The Bertz CT molecular complexity index is 156. The third-order valence-electron chi connectivity index (χ3n) is 2.24. The van der Waals surface area contributed by atoms with Crippen molar-refractivity contribution >= 4 is 5.97 Å². The van der Waals surface area contributed by atoms with E-state index in [2.05, 4.69) is 0 Å². The molecule has 1 atom stereocenters. The minimum atomic E-state index is -0.670. The molecule has 0 spiro atoms. The highest BCUT2D eigenvalue weighted by molar-refractivity contribution is 5.73. The van der Waals surface area contributed by atoms with Crippen LogP contribution in [0.4, 0.5) is 0 Å². The number of carboxylic acid groups (broad SMARTS) is 1. The maximum atomic E-state index is 10.7. The molecule has 0 aromatic rings. The molecular weight excluding hydrogens is 142 g/mol. The largest absolute Gasteiger partial charge is 0.480 e. The highest BCUT2D eigenvalue weighted by Crippen LogP contribution is 2.19. The molecule has 3 nitrogen and oxygen atoms in total. The van der Waals surface area contributed by atoms with Gasteiger partial charge in [0.05, 0.1) is 0 Å². The highest BCUT2D eigenvalue weighted by Gasteiger charge is 2.31. The zero-order valence-electron chi connectivity index (χ0n) is 7.08. The lowest BCUT2D eigenvalue weighted by Crippen LogP contribution is -2.40. The average molecular weight is 157 g/mol. The molecule has 11 heavy (non-hydrogen) atoms. The van der Waals surface area contributed by atoms with Crippen LogP contribution in [0, 0.1) is 0 Å². The third-order valence-corrected chi connectivity index (χ3v) is 2.24. The Kier molecular flexibility index (Phi) is 2.49. The van der Waals surface area contributed by atoms with Crippen LogP contribution in [0.2, 0.25) is 0 Å². The standard InChI is InChI=1S/C8H15NO2/c1-6(2)9-5-3-4-7(9)8(10)11/h6-7H,3-5H2,1-2H3,(H,10,11). The van der Waals surface area contributed by atoms with E-state index in [9.17, 15) is 4.79 Å². The first-order chi connectivity index (χ1) is 5.13. The Hall–Kier alpha value is -0.570. The Labute approximate surface area is 67.0 Å². The fourth-order valence-electron chi connectivity index (χ4n) is 1.67. The van der Waals surface area contributed by atoms with Crippen molar-refractivity contribution < 1.29 is 9.90 Å². The van der Waals surface area contributed by atoms with Crippen LogP contribution in [0.1, 0.15) is 26.7 Å². The highest BCUT2D eigenvalue weighted by atomic mass is 16.4. The molecule has 0 amide bonds. The molecule has 1 rings (SSSR count). The van der Waals surface area contributed by atoms with Gasteiger partial charge >= 0.3 is 5.97 Å². The number of carboxylic acids is 1. The molecule has 0 bridgehead atoms. The molecule has 1 N–H and O–H groups in total. The second-order valence-electron chi connectivity index (χ2n) is 3.33. The second kappa shape index (κ2) is 3.22. The molecule has 1 fully saturated rings. The quantitative estimate of drug-likeness (QED) is 0.648. The van der Waals surface area contributed by atoms with Crippen molar-refractivity contribution in [1.29, 1.82) is 0 Å². The number of aliphatic carboxylic acids is 1. The van der Waals surface area contributed by atoms with Gasteiger partial charge in [0.25, 0.3) is 0 Å². The van der Waals surface area contributed by atoms with E-state index < -0.39 is 5.97 Å². The molecule has 3 heteroatoms. The number of hydrogen-bond acceptors (Lipinski definition) is 2. The summed E-state index contributed by atoms with van der Waals surface area (Å²) < 4.78 is 0. The van der Waals surface area contributed by atoms with Gasteiger partial charge in [0.15, 0.2) is 0 Å². The van der Waals surface area contributed by atoms with Crippen molar-refractivity contribution in [3.63, 3.8) is 0 Å². The van der Waals surface area contributed by atoms with E-state index in [0.717, 1.165) is 19.4 Å². The minimum Gasteiger partial charge on any atom is -0.480 e. The predicted octanol–water partition coefficient (Wildman–Crippen LogP) is 0.944. The summed E-state index contributed by atoms with van der Waals surface area (Å²) in [5.74, 6) is -0.670. The smallest absolute Gasteiger partial charge is 0.320 e. The number of carbonyl (C=O) groups is 1. The van der Waals surface area contributed by atoms with Crippen molar-refractivity contribution in [2.24, 2.45) is 0 Å². The van der Waals surface area contributed by atoms with Gasteiger partial charge in [-0.25, -0.2) is 0 Å². The first-order valence-corrected chi connectivity index (χ1v) is 4.11. The fourth-order valence-corrected chi connectivity index (χ4v) is 1.67. The molecule has 64 valence electrons. The monoisotopic (exact) mass is 157 g/mol. The Morgan fingerprint density at radius 3 is 2.64 bits per heavy atom. The molecule has 0 radical (unpaired) electrons. The summed E-state index contributed by atoms with van der Waals surface area (Å²) in [5.41, 5.74) is 0. The minimum absolute atomic E-state index is 0.227. The summed E-state index contributed by atoms with van der Waals surface area (Å²) in [4.78, 5) is 12.7. The van der Waals surface area contributed by atoms with Crippen LogP contribution in [0.5, 0.6) is 0 Å². The summed E-state index contributed by atoms with van der Waals surface area (Å²) in [6, 6.07) is 0.133. The van der Waals surface area contributed by atoms with E-state index in [0.29, 0.717) is 6.04 Å². The first kappa shape index (κ1) is 8.53. The number of likely N-dealkylation sites (tertiary alicyclic amines) is 1. The van der Waals surface area contributed by atoms with E-state index in [1.54, 1.807) is 0 Å². The Morgan fingerprint density at radius 2 is 2.27 bits per heavy atom. The lowest BCUT2D eigenvalue weighted by Gasteiger charge is -2.24. The summed E-state index contributed by atoms with van der Waals surface area (Å²) in [7, 11) is 0. The van der Waals surface area contributed by atoms with E-state index in [1.165, 1.54) is 0 Å². The van der Waals surface area contributed by atoms with Gasteiger partial charge in [0, 0.05) is 6.04 Å². The number of rotatable bonds is 2. The Balaban J connectivity index is 2.58. The summed E-state index contributed by atoms with van der Waals surface area (Å²) in [5, 5.41) is 8.79. The molecule has 1 heterocycles. The summed E-state index contributed by atoms with van der Waals surface area (Å²) in [6.07, 6.45) is 1.84. The maximum Gasteiger partial charge on any atom is 0.320 e. The number of hydrogen-bond donors (Lipinski definition) is 1. The van der Waals surface area contributed by atoms with Gasteiger partial charge < -0.3 is 5.11 Å². The van der Waals surface area contributed by atoms with Crippen LogP contribution in [-0.2, 0) is 4.79 Å². The first-order valence-electron chi connectivity index (χ1n) is 4.11. The van der Waals surface area contributed by atoms with E-state index in [4.69, 9.17) is 5.11 Å². The van der Waals surface area contributed by atoms with Crippen molar-refractivity contribution in [3.8, 4) is 0 Å². The SMILES string of the molecule is CC(C)N1CCCC1C(=O)O. The lowest BCUT2D eigenvalue weighted by molar-refractivity contribution is -0.142. The van der Waals surface area contributed by atoms with Gasteiger partial charge in [-0.05, 0) is 33.2 Å². The molecule has 0 aromatic carbocycles. The average Bonchev–Trinajstić information content (AvgIpc) is 2.32. The zero-order valence-corrected chi connectivity index (χ0v) is 7.08. The topological polar surface area (TPSA) is 40.5 Å². The van der Waals surface area contributed by atoms with Gasteiger partial charge in [0.2, 0.25) is 0 Å². The van der Waals surface area contributed by atoms with Gasteiger partial charge in [-0.3, -0.25) is 9.69 Å². The fraction of sp³-hybridized carbons (Fsp3) is 0.875. The molecule has 1 saturated heterocycles. The maximum absolute atomic E-state index is 10.7. The van der Waals surface area contributed by atoms with Gasteiger partial charge in [0.1, 0.15) is 6.04 Å². The third kappa shape index (κ3) is 1.71. The molecule has 1 unspecified atom stereocenters. The van der Waals surface area contributed by atoms with Crippen LogP contribution in [0.15, 0.2) is 0 Å². The van der Waals surface area contributed by atoms with Gasteiger partial charge in [-0.15, -0.1) is 0 Å². The Morgan fingerprint density at radius 1 is 1.64 bits per heavy atom. The van der Waals surface area contributed by atoms with Gasteiger partial charge in [-0.1, -0.05) is 0 Å². The van der Waals surface area contributed by atoms with Crippen molar-refractivity contribution in [3.05, 3.63) is 0 Å². The van der Waals surface area contributed by atoms with Crippen molar-refractivity contribution in [1.82, 2.24) is 4.90 Å². The normalized spacial score (nSPS) is 26.3. The second-order valence-corrected chi connectivity index (χ2v) is 3.33. The molecule has 1 aliphatic rings. The predicted molar refractivity (Wildman–Crippen MR) is 42.5 cm³/mol. The van der Waals surface area contributed by atoms with E-state index in [1.807, 2.05) is 18.7 Å². The molecule has 1 aliphatic heterocycles.